The van der Waals surface area contributed by atoms with Gasteiger partial charge in [0.05, 0.1) is 36.9 Å². The van der Waals surface area contributed by atoms with Crippen molar-refractivity contribution >= 4 is 28.9 Å². The normalized spacial score (nSPS) is 15.2. The molecular weight excluding hydrogens is 348 g/mol. The Hall–Kier alpha value is -2.18. The fourth-order valence-corrected chi connectivity index (χ4v) is 3.23. The SMILES string of the molecule is O=C(C[NH+]1CCN(c2ccccc2Cl)CC1)Nc1c(F)cccc1F. The number of carbonyl (C=O) groups is 1. The van der Waals surface area contributed by atoms with Crippen molar-refractivity contribution in [2.45, 2.75) is 0 Å². The topological polar surface area (TPSA) is 36.8 Å². The molecule has 1 saturated heterocycles. The molecule has 2 N–H and O–H groups in total. The number of hydrogen-bond acceptors (Lipinski definition) is 2. The zero-order valence-electron chi connectivity index (χ0n) is 13.6. The van der Waals surface area contributed by atoms with Gasteiger partial charge >= 0.3 is 0 Å². The summed E-state index contributed by atoms with van der Waals surface area (Å²) >= 11 is 6.21. The van der Waals surface area contributed by atoms with Crippen molar-refractivity contribution in [3.05, 3.63) is 59.1 Å². The van der Waals surface area contributed by atoms with Gasteiger partial charge in [0.15, 0.2) is 6.54 Å². The first kappa shape index (κ1) is 17.6. The van der Waals surface area contributed by atoms with Crippen LogP contribution in [0, 0.1) is 11.6 Å². The molecule has 1 fully saturated rings. The van der Waals surface area contributed by atoms with Gasteiger partial charge < -0.3 is 15.1 Å². The van der Waals surface area contributed by atoms with E-state index in [0.29, 0.717) is 5.02 Å². The summed E-state index contributed by atoms with van der Waals surface area (Å²) in [5, 5.41) is 3.04. The molecule has 0 saturated carbocycles. The molecule has 132 valence electrons. The van der Waals surface area contributed by atoms with E-state index in [4.69, 9.17) is 11.6 Å². The first-order valence-corrected chi connectivity index (χ1v) is 8.49. The molecule has 0 radical (unpaired) electrons. The average Bonchev–Trinajstić information content (AvgIpc) is 2.60. The minimum absolute atomic E-state index is 0.171. The maximum Gasteiger partial charge on any atom is 0.279 e. The molecule has 1 aliphatic rings. The molecule has 0 unspecified atom stereocenters. The molecule has 0 spiro atoms. The number of nitrogens with one attached hydrogen (secondary N) is 2. The summed E-state index contributed by atoms with van der Waals surface area (Å²) in [4.78, 5) is 15.3. The number of piperazine rings is 1. The van der Waals surface area contributed by atoms with Gasteiger partial charge in [-0.15, -0.1) is 0 Å². The molecular formula is C18H19ClF2N3O+. The van der Waals surface area contributed by atoms with Crippen molar-refractivity contribution in [2.24, 2.45) is 0 Å². The fraction of sp³-hybridized carbons (Fsp3) is 0.278. The fourth-order valence-electron chi connectivity index (χ4n) is 2.98. The number of nitrogens with zero attached hydrogens (tertiary/aromatic N) is 1. The molecule has 0 aliphatic carbocycles. The second-order valence-corrected chi connectivity index (χ2v) is 6.42. The van der Waals surface area contributed by atoms with Crippen LogP contribution >= 0.6 is 11.6 Å². The van der Waals surface area contributed by atoms with Crippen LogP contribution in [0.1, 0.15) is 0 Å². The molecule has 4 nitrogen and oxygen atoms in total. The highest BCUT2D eigenvalue weighted by atomic mass is 35.5. The van der Waals surface area contributed by atoms with Crippen LogP contribution < -0.4 is 15.1 Å². The van der Waals surface area contributed by atoms with Crippen LogP contribution in [0.4, 0.5) is 20.2 Å². The molecule has 1 heterocycles. The highest BCUT2D eigenvalue weighted by molar-refractivity contribution is 6.33. The lowest BCUT2D eigenvalue weighted by molar-refractivity contribution is -0.892. The molecule has 1 aliphatic heterocycles. The van der Waals surface area contributed by atoms with Crippen LogP contribution in [0.2, 0.25) is 5.02 Å². The Morgan fingerprint density at radius 3 is 2.36 bits per heavy atom. The van der Waals surface area contributed by atoms with Gasteiger partial charge in [-0.3, -0.25) is 4.79 Å². The summed E-state index contributed by atoms with van der Waals surface area (Å²) in [7, 11) is 0. The summed E-state index contributed by atoms with van der Waals surface area (Å²) in [5.41, 5.74) is 0.600. The predicted molar refractivity (Wildman–Crippen MR) is 94.2 cm³/mol. The van der Waals surface area contributed by atoms with E-state index < -0.39 is 17.5 Å². The van der Waals surface area contributed by atoms with Crippen molar-refractivity contribution in [2.75, 3.05) is 42.9 Å². The molecule has 25 heavy (non-hydrogen) atoms. The lowest BCUT2D eigenvalue weighted by Crippen LogP contribution is -3.15. The Bertz CT molecular complexity index is 743. The maximum absolute atomic E-state index is 13.6. The minimum Gasteiger partial charge on any atom is -0.359 e. The number of hydrogen-bond donors (Lipinski definition) is 2. The standard InChI is InChI=1S/C18H18ClF2N3O/c19-13-4-1-2-7-16(13)24-10-8-23(9-11-24)12-17(25)22-18-14(20)5-3-6-15(18)21/h1-7H,8-12H2,(H,22,25)/p+1. The molecule has 7 heteroatoms. The van der Waals surface area contributed by atoms with Gasteiger partial charge in [-0.25, -0.2) is 8.78 Å². The van der Waals surface area contributed by atoms with Crippen LogP contribution in [-0.2, 0) is 4.79 Å². The van der Waals surface area contributed by atoms with Crippen LogP contribution in [-0.4, -0.2) is 38.6 Å². The van der Waals surface area contributed by atoms with E-state index in [-0.39, 0.29) is 12.2 Å². The van der Waals surface area contributed by atoms with E-state index in [2.05, 4.69) is 10.2 Å². The summed E-state index contributed by atoms with van der Waals surface area (Å²) in [5.74, 6) is -1.94. The molecule has 2 aromatic carbocycles. The Labute approximate surface area is 150 Å². The lowest BCUT2D eigenvalue weighted by atomic mass is 10.2. The average molecular weight is 367 g/mol. The number of anilines is 2. The highest BCUT2D eigenvalue weighted by Crippen LogP contribution is 2.24. The van der Waals surface area contributed by atoms with Gasteiger partial charge in [-0.2, -0.15) is 0 Å². The largest absolute Gasteiger partial charge is 0.359 e. The zero-order chi connectivity index (χ0) is 17.8. The van der Waals surface area contributed by atoms with Crippen molar-refractivity contribution < 1.29 is 18.5 Å². The van der Waals surface area contributed by atoms with E-state index in [1.54, 1.807) is 0 Å². The van der Waals surface area contributed by atoms with Gasteiger partial charge in [0.2, 0.25) is 0 Å². The van der Waals surface area contributed by atoms with E-state index in [1.807, 2.05) is 24.3 Å². The van der Waals surface area contributed by atoms with Gasteiger partial charge in [0.1, 0.15) is 17.3 Å². The van der Waals surface area contributed by atoms with Gasteiger partial charge in [0, 0.05) is 0 Å². The van der Waals surface area contributed by atoms with E-state index in [0.717, 1.165) is 48.9 Å². The first-order chi connectivity index (χ1) is 12.0. The third kappa shape index (κ3) is 4.27. The number of para-hydroxylation sites is 2. The number of carbonyl (C=O) groups excluding carboxylic acids is 1. The molecule has 3 rings (SSSR count). The quantitative estimate of drug-likeness (QED) is 0.868. The van der Waals surface area contributed by atoms with Crippen LogP contribution in [0.25, 0.3) is 0 Å². The number of halogens is 3. The summed E-state index contributed by atoms with van der Waals surface area (Å²) in [6, 6.07) is 11.2. The molecule has 0 atom stereocenters. The molecule has 2 aromatic rings. The second-order valence-electron chi connectivity index (χ2n) is 6.01. The van der Waals surface area contributed by atoms with Crippen LogP contribution in [0.5, 0.6) is 0 Å². The Morgan fingerprint density at radius 1 is 1.08 bits per heavy atom. The molecule has 1 amide bonds. The Morgan fingerprint density at radius 2 is 1.72 bits per heavy atom. The third-order valence-corrected chi connectivity index (χ3v) is 4.62. The Kier molecular flexibility index (Phi) is 5.50. The van der Waals surface area contributed by atoms with Crippen molar-refractivity contribution in [3.63, 3.8) is 0 Å². The highest BCUT2D eigenvalue weighted by Gasteiger charge is 2.24. The predicted octanol–water partition coefficient (Wildman–Crippen LogP) is 1.96. The summed E-state index contributed by atoms with van der Waals surface area (Å²) < 4.78 is 27.2. The van der Waals surface area contributed by atoms with Gasteiger partial charge in [-0.05, 0) is 24.3 Å². The van der Waals surface area contributed by atoms with Crippen molar-refractivity contribution in [1.29, 1.82) is 0 Å². The monoisotopic (exact) mass is 366 g/mol. The second kappa shape index (κ2) is 7.80. The molecule has 0 bridgehead atoms. The number of benzene rings is 2. The maximum atomic E-state index is 13.6. The minimum atomic E-state index is -0.771. The van der Waals surface area contributed by atoms with Gasteiger partial charge in [-0.1, -0.05) is 29.8 Å². The van der Waals surface area contributed by atoms with E-state index >= 15 is 0 Å². The van der Waals surface area contributed by atoms with Crippen molar-refractivity contribution in [3.8, 4) is 0 Å². The number of amides is 1. The summed E-state index contributed by atoms with van der Waals surface area (Å²) in [6.45, 7) is 3.20. The van der Waals surface area contributed by atoms with Gasteiger partial charge in [0.25, 0.3) is 5.91 Å². The van der Waals surface area contributed by atoms with Crippen molar-refractivity contribution in [1.82, 2.24) is 0 Å². The Balaban J connectivity index is 1.54. The number of rotatable bonds is 4. The van der Waals surface area contributed by atoms with E-state index in [1.165, 1.54) is 6.07 Å². The lowest BCUT2D eigenvalue weighted by Gasteiger charge is -2.33. The first-order valence-electron chi connectivity index (χ1n) is 8.11. The molecule has 0 aromatic heterocycles. The number of quaternary nitrogens is 1. The van der Waals surface area contributed by atoms with Crippen LogP contribution in [0.15, 0.2) is 42.5 Å². The van der Waals surface area contributed by atoms with E-state index in [9.17, 15) is 13.6 Å². The zero-order valence-corrected chi connectivity index (χ0v) is 14.3. The summed E-state index contributed by atoms with van der Waals surface area (Å²) in [6.07, 6.45) is 0. The third-order valence-electron chi connectivity index (χ3n) is 4.30. The smallest absolute Gasteiger partial charge is 0.279 e. The van der Waals surface area contributed by atoms with Crippen LogP contribution in [0.3, 0.4) is 0 Å².